The zero-order chi connectivity index (χ0) is 14.2. The van der Waals surface area contributed by atoms with E-state index < -0.39 is 0 Å². The molecule has 1 atom stereocenters. The van der Waals surface area contributed by atoms with E-state index in [1.54, 1.807) is 6.07 Å². The molecule has 0 aliphatic rings. The molecular weight excluding hydrogens is 246 g/mol. The predicted molar refractivity (Wildman–Crippen MR) is 82.7 cm³/mol. The van der Waals surface area contributed by atoms with Crippen LogP contribution in [0.1, 0.15) is 30.9 Å². The molecule has 2 rings (SSSR count). The van der Waals surface area contributed by atoms with Gasteiger partial charge in [-0.05, 0) is 18.6 Å². The number of phenols is 1. The summed E-state index contributed by atoms with van der Waals surface area (Å²) in [5, 5.41) is 9.94. The van der Waals surface area contributed by atoms with E-state index in [0.29, 0.717) is 5.75 Å². The first kappa shape index (κ1) is 14.6. The van der Waals surface area contributed by atoms with Crippen molar-refractivity contribution in [3.63, 3.8) is 0 Å². The van der Waals surface area contributed by atoms with Crippen LogP contribution >= 0.6 is 0 Å². The average Bonchev–Trinajstić information content (AvgIpc) is 2.48. The van der Waals surface area contributed by atoms with Crippen LogP contribution in [-0.4, -0.2) is 11.7 Å². The SMILES string of the molecule is CCCC[NH+](Cc1ccccc1)Cc1ccccc1O. The molecule has 0 fully saturated rings. The largest absolute Gasteiger partial charge is 0.507 e. The van der Waals surface area contributed by atoms with Gasteiger partial charge in [0.1, 0.15) is 18.8 Å². The number of rotatable bonds is 7. The molecular formula is C18H24NO+. The van der Waals surface area contributed by atoms with Gasteiger partial charge < -0.3 is 10.0 Å². The average molecular weight is 270 g/mol. The fraction of sp³-hybridized carbons (Fsp3) is 0.333. The van der Waals surface area contributed by atoms with Gasteiger partial charge in [-0.15, -0.1) is 0 Å². The van der Waals surface area contributed by atoms with Gasteiger partial charge >= 0.3 is 0 Å². The summed E-state index contributed by atoms with van der Waals surface area (Å²) < 4.78 is 0. The second-order valence-electron chi connectivity index (χ2n) is 5.32. The Morgan fingerprint density at radius 1 is 0.900 bits per heavy atom. The summed E-state index contributed by atoms with van der Waals surface area (Å²) in [7, 11) is 0. The van der Waals surface area contributed by atoms with E-state index in [0.717, 1.165) is 25.2 Å². The van der Waals surface area contributed by atoms with Gasteiger partial charge in [-0.3, -0.25) is 0 Å². The summed E-state index contributed by atoms with van der Waals surface area (Å²) in [6.45, 7) is 5.25. The Balaban J connectivity index is 2.05. The number of benzene rings is 2. The number of hydrogen-bond donors (Lipinski definition) is 2. The van der Waals surface area contributed by atoms with Crippen molar-refractivity contribution in [3.8, 4) is 5.75 Å². The van der Waals surface area contributed by atoms with E-state index in [1.165, 1.54) is 23.3 Å². The number of aromatic hydroxyl groups is 1. The van der Waals surface area contributed by atoms with Crippen molar-refractivity contribution in [1.82, 2.24) is 0 Å². The minimum atomic E-state index is 0.412. The number of unbranched alkanes of at least 4 members (excludes halogenated alkanes) is 1. The molecule has 0 aliphatic carbocycles. The first-order valence-corrected chi connectivity index (χ1v) is 7.44. The van der Waals surface area contributed by atoms with Gasteiger partial charge in [0.15, 0.2) is 0 Å². The maximum Gasteiger partial charge on any atom is 0.124 e. The summed E-state index contributed by atoms with van der Waals surface area (Å²) in [5.41, 5.74) is 2.39. The smallest absolute Gasteiger partial charge is 0.124 e. The van der Waals surface area contributed by atoms with Crippen LogP contribution in [0.25, 0.3) is 0 Å². The lowest BCUT2D eigenvalue weighted by atomic mass is 10.1. The highest BCUT2D eigenvalue weighted by Gasteiger charge is 2.12. The highest BCUT2D eigenvalue weighted by atomic mass is 16.3. The van der Waals surface area contributed by atoms with Crippen molar-refractivity contribution in [2.75, 3.05) is 6.54 Å². The lowest BCUT2D eigenvalue weighted by molar-refractivity contribution is -0.927. The topological polar surface area (TPSA) is 24.7 Å². The van der Waals surface area contributed by atoms with Gasteiger partial charge in [0.2, 0.25) is 0 Å². The van der Waals surface area contributed by atoms with Crippen molar-refractivity contribution in [2.24, 2.45) is 0 Å². The lowest BCUT2D eigenvalue weighted by Crippen LogP contribution is -3.09. The highest BCUT2D eigenvalue weighted by Crippen LogP contribution is 2.14. The van der Waals surface area contributed by atoms with Crippen molar-refractivity contribution >= 4 is 0 Å². The molecule has 0 saturated heterocycles. The minimum absolute atomic E-state index is 0.412. The van der Waals surface area contributed by atoms with Crippen molar-refractivity contribution in [1.29, 1.82) is 0 Å². The van der Waals surface area contributed by atoms with Crippen molar-refractivity contribution in [3.05, 3.63) is 65.7 Å². The first-order valence-electron chi connectivity index (χ1n) is 7.44. The number of nitrogens with one attached hydrogen (secondary N) is 1. The molecule has 0 spiro atoms. The Morgan fingerprint density at radius 2 is 1.60 bits per heavy atom. The van der Waals surface area contributed by atoms with E-state index in [-0.39, 0.29) is 0 Å². The molecule has 2 aromatic rings. The number of para-hydroxylation sites is 1. The summed E-state index contributed by atoms with van der Waals surface area (Å²) in [6.07, 6.45) is 2.43. The Kier molecular flexibility index (Phi) is 5.63. The molecule has 106 valence electrons. The van der Waals surface area contributed by atoms with Gasteiger partial charge in [-0.2, -0.15) is 0 Å². The number of hydrogen-bond acceptors (Lipinski definition) is 1. The normalized spacial score (nSPS) is 12.2. The molecule has 0 aromatic heterocycles. The van der Waals surface area contributed by atoms with E-state index in [9.17, 15) is 5.11 Å². The van der Waals surface area contributed by atoms with Crippen LogP contribution in [0.3, 0.4) is 0 Å². The van der Waals surface area contributed by atoms with Gasteiger partial charge in [-0.1, -0.05) is 55.8 Å². The third kappa shape index (κ3) is 4.39. The van der Waals surface area contributed by atoms with Crippen LogP contribution in [0.4, 0.5) is 0 Å². The maximum absolute atomic E-state index is 9.94. The second kappa shape index (κ2) is 7.71. The highest BCUT2D eigenvalue weighted by molar-refractivity contribution is 5.30. The Hall–Kier alpha value is -1.80. The molecule has 0 heterocycles. The standard InChI is InChI=1S/C18H23NO/c1-2-3-13-19(14-16-9-5-4-6-10-16)15-17-11-7-8-12-18(17)20/h4-12,20H,2-3,13-15H2,1H3/p+1. The van der Waals surface area contributed by atoms with Crippen LogP contribution in [-0.2, 0) is 13.1 Å². The number of quaternary nitrogens is 1. The molecule has 0 aliphatic heterocycles. The fourth-order valence-corrected chi connectivity index (χ4v) is 2.48. The van der Waals surface area contributed by atoms with Crippen LogP contribution in [0.5, 0.6) is 5.75 Å². The van der Waals surface area contributed by atoms with Gasteiger partial charge in [-0.25, -0.2) is 0 Å². The molecule has 1 unspecified atom stereocenters. The molecule has 2 nitrogen and oxygen atoms in total. The molecule has 0 radical (unpaired) electrons. The molecule has 2 heteroatoms. The van der Waals surface area contributed by atoms with Crippen LogP contribution < -0.4 is 4.90 Å². The molecule has 0 saturated carbocycles. The van der Waals surface area contributed by atoms with Crippen molar-refractivity contribution in [2.45, 2.75) is 32.9 Å². The lowest BCUT2D eigenvalue weighted by Gasteiger charge is -2.20. The van der Waals surface area contributed by atoms with E-state index >= 15 is 0 Å². The van der Waals surface area contributed by atoms with Crippen molar-refractivity contribution < 1.29 is 10.0 Å². The zero-order valence-electron chi connectivity index (χ0n) is 12.2. The van der Waals surface area contributed by atoms with Gasteiger partial charge in [0.05, 0.1) is 6.54 Å². The first-order chi connectivity index (χ1) is 9.79. The maximum atomic E-state index is 9.94. The van der Waals surface area contributed by atoms with E-state index in [2.05, 4.69) is 37.3 Å². The van der Waals surface area contributed by atoms with Crippen LogP contribution in [0.15, 0.2) is 54.6 Å². The third-order valence-corrected chi connectivity index (χ3v) is 3.61. The Bertz CT molecular complexity index is 510. The Labute approximate surface area is 121 Å². The molecule has 2 aromatic carbocycles. The molecule has 20 heavy (non-hydrogen) atoms. The van der Waals surface area contributed by atoms with Gasteiger partial charge in [0.25, 0.3) is 0 Å². The second-order valence-corrected chi connectivity index (χ2v) is 5.32. The zero-order valence-corrected chi connectivity index (χ0v) is 12.2. The summed E-state index contributed by atoms with van der Waals surface area (Å²) in [5.74, 6) is 0.412. The quantitative estimate of drug-likeness (QED) is 0.794. The summed E-state index contributed by atoms with van der Waals surface area (Å²) in [6, 6.07) is 18.3. The Morgan fingerprint density at radius 3 is 2.30 bits per heavy atom. The van der Waals surface area contributed by atoms with E-state index in [4.69, 9.17) is 0 Å². The van der Waals surface area contributed by atoms with Crippen LogP contribution in [0, 0.1) is 0 Å². The fourth-order valence-electron chi connectivity index (χ4n) is 2.48. The third-order valence-electron chi connectivity index (χ3n) is 3.61. The van der Waals surface area contributed by atoms with Crippen LogP contribution in [0.2, 0.25) is 0 Å². The molecule has 0 bridgehead atoms. The minimum Gasteiger partial charge on any atom is -0.507 e. The monoisotopic (exact) mass is 270 g/mol. The predicted octanol–water partition coefficient (Wildman–Crippen LogP) is 2.78. The summed E-state index contributed by atoms with van der Waals surface area (Å²) in [4.78, 5) is 1.50. The molecule has 2 N–H and O–H groups in total. The van der Waals surface area contributed by atoms with Gasteiger partial charge in [0, 0.05) is 11.1 Å². The van der Waals surface area contributed by atoms with E-state index in [1.807, 2.05) is 18.2 Å². The molecule has 0 amide bonds. The number of phenolic OH excluding ortho intramolecular Hbond substituents is 1. The summed E-state index contributed by atoms with van der Waals surface area (Å²) >= 11 is 0.